The van der Waals surface area contributed by atoms with Crippen LogP contribution in [-0.2, 0) is 9.53 Å². The largest absolute Gasteiger partial charge is 0.466 e. The summed E-state index contributed by atoms with van der Waals surface area (Å²) in [5.41, 5.74) is 2.13. The molecule has 4 heteroatoms. The van der Waals surface area contributed by atoms with Crippen molar-refractivity contribution in [3.05, 3.63) is 24.3 Å². The van der Waals surface area contributed by atoms with E-state index in [1.807, 2.05) is 57.1 Å². The van der Waals surface area contributed by atoms with Crippen LogP contribution in [0.5, 0.6) is 0 Å². The highest BCUT2D eigenvalue weighted by Gasteiger charge is 2.11. The molecule has 1 aromatic carbocycles. The molecule has 4 nitrogen and oxygen atoms in total. The summed E-state index contributed by atoms with van der Waals surface area (Å²) in [7, 11) is 3.99. The van der Waals surface area contributed by atoms with Crippen molar-refractivity contribution in [2.24, 2.45) is 0 Å². The van der Waals surface area contributed by atoms with E-state index in [1.165, 1.54) is 0 Å². The summed E-state index contributed by atoms with van der Waals surface area (Å²) in [4.78, 5) is 13.4. The Hall–Kier alpha value is -1.71. The summed E-state index contributed by atoms with van der Waals surface area (Å²) in [6.07, 6.45) is 0.371. The molecule has 100 valence electrons. The Labute approximate surface area is 109 Å². The number of para-hydroxylation sites is 2. The van der Waals surface area contributed by atoms with Crippen molar-refractivity contribution >= 4 is 17.3 Å². The van der Waals surface area contributed by atoms with E-state index >= 15 is 0 Å². The highest BCUT2D eigenvalue weighted by atomic mass is 16.5. The monoisotopic (exact) mass is 250 g/mol. The van der Waals surface area contributed by atoms with Crippen molar-refractivity contribution in [3.8, 4) is 0 Å². The lowest BCUT2D eigenvalue weighted by molar-refractivity contribution is -0.143. The molecule has 0 aromatic heterocycles. The minimum Gasteiger partial charge on any atom is -0.466 e. The number of hydrogen-bond acceptors (Lipinski definition) is 4. The minimum absolute atomic E-state index is 0.0464. The summed E-state index contributed by atoms with van der Waals surface area (Å²) < 4.78 is 4.94. The number of anilines is 2. The first-order valence-corrected chi connectivity index (χ1v) is 6.23. The highest BCUT2D eigenvalue weighted by molar-refractivity contribution is 5.73. The van der Waals surface area contributed by atoms with E-state index in [2.05, 4.69) is 5.32 Å². The summed E-state index contributed by atoms with van der Waals surface area (Å²) in [6.45, 7) is 4.22. The molecule has 0 fully saturated rings. The fourth-order valence-corrected chi connectivity index (χ4v) is 1.77. The third-order valence-corrected chi connectivity index (χ3v) is 2.57. The number of rotatable bonds is 6. The zero-order valence-corrected chi connectivity index (χ0v) is 11.6. The molecule has 0 aliphatic heterocycles. The number of ether oxygens (including phenoxy) is 1. The molecule has 1 N–H and O–H groups in total. The Morgan fingerprint density at radius 1 is 1.39 bits per heavy atom. The van der Waals surface area contributed by atoms with Gasteiger partial charge in [-0.2, -0.15) is 0 Å². The lowest BCUT2D eigenvalue weighted by atomic mass is 10.2. The maximum Gasteiger partial charge on any atom is 0.307 e. The SMILES string of the molecule is CCOC(=O)CC(C)Nc1ccccc1N(C)C. The Morgan fingerprint density at radius 2 is 2.06 bits per heavy atom. The first kappa shape index (κ1) is 14.4. The smallest absolute Gasteiger partial charge is 0.307 e. The topological polar surface area (TPSA) is 41.6 Å². The van der Waals surface area contributed by atoms with Crippen molar-refractivity contribution in [3.63, 3.8) is 0 Å². The van der Waals surface area contributed by atoms with Gasteiger partial charge in [-0.05, 0) is 26.0 Å². The average Bonchev–Trinajstić information content (AvgIpc) is 2.29. The van der Waals surface area contributed by atoms with Crippen LogP contribution in [0, 0.1) is 0 Å². The highest BCUT2D eigenvalue weighted by Crippen LogP contribution is 2.24. The molecule has 0 spiro atoms. The fourth-order valence-electron chi connectivity index (χ4n) is 1.77. The van der Waals surface area contributed by atoms with Crippen LogP contribution in [0.15, 0.2) is 24.3 Å². The second-order valence-electron chi connectivity index (χ2n) is 4.47. The molecule has 0 saturated heterocycles. The van der Waals surface area contributed by atoms with Gasteiger partial charge in [0.2, 0.25) is 0 Å². The third-order valence-electron chi connectivity index (χ3n) is 2.57. The summed E-state index contributed by atoms with van der Waals surface area (Å²) in [5, 5.41) is 3.34. The van der Waals surface area contributed by atoms with Gasteiger partial charge in [-0.25, -0.2) is 0 Å². The molecular formula is C14H22N2O2. The lowest BCUT2D eigenvalue weighted by Crippen LogP contribution is -2.22. The molecule has 0 amide bonds. The van der Waals surface area contributed by atoms with E-state index in [1.54, 1.807) is 0 Å². The van der Waals surface area contributed by atoms with Crippen LogP contribution in [0.2, 0.25) is 0 Å². The number of nitrogens with one attached hydrogen (secondary N) is 1. The predicted molar refractivity (Wildman–Crippen MR) is 75.1 cm³/mol. The van der Waals surface area contributed by atoms with Crippen molar-refractivity contribution in [1.82, 2.24) is 0 Å². The normalized spacial score (nSPS) is 11.8. The van der Waals surface area contributed by atoms with Gasteiger partial charge >= 0.3 is 5.97 Å². The Kier molecular flexibility index (Phi) is 5.49. The molecule has 1 aromatic rings. The van der Waals surface area contributed by atoms with Crippen molar-refractivity contribution in [2.75, 3.05) is 30.9 Å². The molecule has 0 heterocycles. The number of carbonyl (C=O) groups excluding carboxylic acids is 1. The maximum atomic E-state index is 11.4. The average molecular weight is 250 g/mol. The molecule has 0 bridgehead atoms. The van der Waals surface area contributed by atoms with Gasteiger partial charge in [-0.3, -0.25) is 4.79 Å². The molecule has 0 aliphatic rings. The van der Waals surface area contributed by atoms with Gasteiger partial charge in [-0.1, -0.05) is 12.1 Å². The zero-order chi connectivity index (χ0) is 13.5. The quantitative estimate of drug-likeness (QED) is 0.788. The number of benzene rings is 1. The van der Waals surface area contributed by atoms with Crippen molar-refractivity contribution in [1.29, 1.82) is 0 Å². The number of esters is 1. The number of carbonyl (C=O) groups is 1. The Bertz CT molecular complexity index is 391. The molecule has 0 radical (unpaired) electrons. The van der Waals surface area contributed by atoms with Gasteiger partial charge in [0.05, 0.1) is 24.4 Å². The standard InChI is InChI=1S/C14H22N2O2/c1-5-18-14(17)10-11(2)15-12-8-6-7-9-13(12)16(3)4/h6-9,11,15H,5,10H2,1-4H3. The molecule has 1 rings (SSSR count). The fraction of sp³-hybridized carbons (Fsp3) is 0.500. The van der Waals surface area contributed by atoms with E-state index in [-0.39, 0.29) is 12.0 Å². The van der Waals surface area contributed by atoms with Gasteiger partial charge in [0.15, 0.2) is 0 Å². The molecule has 0 saturated carbocycles. The van der Waals surface area contributed by atoms with E-state index in [0.717, 1.165) is 11.4 Å². The summed E-state index contributed by atoms with van der Waals surface area (Å²) in [5.74, 6) is -0.167. The van der Waals surface area contributed by atoms with Gasteiger partial charge in [-0.15, -0.1) is 0 Å². The van der Waals surface area contributed by atoms with Crippen molar-refractivity contribution in [2.45, 2.75) is 26.3 Å². The Balaban J connectivity index is 2.64. The van der Waals surface area contributed by atoms with Gasteiger partial charge in [0.1, 0.15) is 0 Å². The van der Waals surface area contributed by atoms with Crippen LogP contribution < -0.4 is 10.2 Å². The molecule has 18 heavy (non-hydrogen) atoms. The predicted octanol–water partition coefficient (Wildman–Crippen LogP) is 2.51. The van der Waals surface area contributed by atoms with Crippen LogP contribution in [-0.4, -0.2) is 32.7 Å². The first-order chi connectivity index (χ1) is 8.54. The van der Waals surface area contributed by atoms with Crippen molar-refractivity contribution < 1.29 is 9.53 Å². The van der Waals surface area contributed by atoms with Crippen LogP contribution in [0.25, 0.3) is 0 Å². The summed E-state index contributed by atoms with van der Waals surface area (Å²) >= 11 is 0. The molecule has 1 unspecified atom stereocenters. The van der Waals surface area contributed by atoms with E-state index in [4.69, 9.17) is 4.74 Å². The zero-order valence-electron chi connectivity index (χ0n) is 11.6. The van der Waals surface area contributed by atoms with Gasteiger partial charge < -0.3 is 15.0 Å². The van der Waals surface area contributed by atoms with E-state index < -0.39 is 0 Å². The van der Waals surface area contributed by atoms with Gasteiger partial charge in [0.25, 0.3) is 0 Å². The van der Waals surface area contributed by atoms with E-state index in [9.17, 15) is 4.79 Å². The summed E-state index contributed by atoms with van der Waals surface area (Å²) in [6, 6.07) is 8.07. The van der Waals surface area contributed by atoms with Crippen LogP contribution in [0.3, 0.4) is 0 Å². The first-order valence-electron chi connectivity index (χ1n) is 6.23. The second-order valence-corrected chi connectivity index (χ2v) is 4.47. The van der Waals surface area contributed by atoms with Gasteiger partial charge in [0, 0.05) is 20.1 Å². The third kappa shape index (κ3) is 4.28. The van der Waals surface area contributed by atoms with Crippen LogP contribution >= 0.6 is 0 Å². The minimum atomic E-state index is -0.167. The Morgan fingerprint density at radius 3 is 2.67 bits per heavy atom. The molecule has 1 atom stereocenters. The number of nitrogens with zero attached hydrogens (tertiary/aromatic N) is 1. The molecular weight excluding hydrogens is 228 g/mol. The van der Waals surface area contributed by atoms with Crippen LogP contribution in [0.4, 0.5) is 11.4 Å². The maximum absolute atomic E-state index is 11.4. The van der Waals surface area contributed by atoms with Crippen LogP contribution in [0.1, 0.15) is 20.3 Å². The number of hydrogen-bond donors (Lipinski definition) is 1. The van der Waals surface area contributed by atoms with E-state index in [0.29, 0.717) is 13.0 Å². The second kappa shape index (κ2) is 6.89. The lowest BCUT2D eigenvalue weighted by Gasteiger charge is -2.21. The molecule has 0 aliphatic carbocycles.